The quantitative estimate of drug-likeness (QED) is 0.0797. The van der Waals surface area contributed by atoms with E-state index in [9.17, 15) is 4.79 Å². The van der Waals surface area contributed by atoms with Crippen molar-refractivity contribution in [3.05, 3.63) is 65.7 Å². The Kier molecular flexibility index (Phi) is 9.13. The number of rotatable bonds is 12. The number of anilines is 2. The highest BCUT2D eigenvalue weighted by atomic mass is 32.2. The standard InChI is InChI=1S/C22H23N9O2S3/c1-2-33-17-10-8-15(9-11-17)12-24-26-19-27-29-21(31(19)23)34-14-18(32)25-20-28-30-22(36-20)35-13-16-6-4-3-5-7-16/h3-12H,2,13-14,23H2,1H3,(H,26,27)(H,25,28,32)/b24-12+. The molecule has 0 aliphatic heterocycles. The lowest BCUT2D eigenvalue weighted by atomic mass is 10.2. The lowest BCUT2D eigenvalue weighted by Gasteiger charge is -2.03. The van der Waals surface area contributed by atoms with E-state index in [0.717, 1.165) is 33.2 Å². The van der Waals surface area contributed by atoms with Crippen LogP contribution in [0.2, 0.25) is 0 Å². The minimum Gasteiger partial charge on any atom is -0.494 e. The number of nitrogens with two attached hydrogens (primary N) is 1. The number of amides is 1. The molecule has 4 N–H and O–H groups in total. The van der Waals surface area contributed by atoms with Crippen molar-refractivity contribution in [2.24, 2.45) is 5.10 Å². The van der Waals surface area contributed by atoms with Gasteiger partial charge in [0, 0.05) is 5.75 Å². The fraction of sp³-hybridized carbons (Fsp3) is 0.182. The van der Waals surface area contributed by atoms with Crippen molar-refractivity contribution in [2.45, 2.75) is 22.2 Å². The second-order valence-electron chi connectivity index (χ2n) is 7.03. The number of hydrogen-bond acceptors (Lipinski definition) is 12. The van der Waals surface area contributed by atoms with Gasteiger partial charge >= 0.3 is 0 Å². The molecular weight excluding hydrogens is 519 g/mol. The van der Waals surface area contributed by atoms with E-state index >= 15 is 0 Å². The normalized spacial score (nSPS) is 11.0. The first kappa shape index (κ1) is 25.5. The number of hydrogen-bond donors (Lipinski definition) is 3. The largest absolute Gasteiger partial charge is 0.494 e. The molecule has 2 aromatic carbocycles. The highest BCUT2D eigenvalue weighted by Crippen LogP contribution is 2.28. The molecule has 2 heterocycles. The summed E-state index contributed by atoms with van der Waals surface area (Å²) >= 11 is 4.04. The van der Waals surface area contributed by atoms with Crippen LogP contribution >= 0.6 is 34.9 Å². The summed E-state index contributed by atoms with van der Waals surface area (Å²) < 4.78 is 7.43. The number of nitrogen functional groups attached to an aromatic ring is 1. The van der Waals surface area contributed by atoms with E-state index in [1.165, 1.54) is 21.6 Å². The molecule has 0 unspecified atom stereocenters. The van der Waals surface area contributed by atoms with Crippen molar-refractivity contribution in [1.29, 1.82) is 0 Å². The summed E-state index contributed by atoms with van der Waals surface area (Å²) in [5.41, 5.74) is 4.81. The maximum Gasteiger partial charge on any atom is 0.264 e. The molecule has 4 rings (SSSR count). The number of ether oxygens (including phenoxy) is 1. The van der Waals surface area contributed by atoms with Crippen LogP contribution in [0, 0.1) is 0 Å². The third-order valence-corrected chi connectivity index (χ3v) is 7.41. The molecule has 0 aliphatic carbocycles. The monoisotopic (exact) mass is 541 g/mol. The molecule has 11 nitrogen and oxygen atoms in total. The molecule has 0 atom stereocenters. The Morgan fingerprint density at radius 2 is 1.92 bits per heavy atom. The molecule has 2 aromatic heterocycles. The maximum atomic E-state index is 12.3. The van der Waals surface area contributed by atoms with Crippen molar-refractivity contribution in [3.63, 3.8) is 0 Å². The maximum absolute atomic E-state index is 12.3. The number of aromatic nitrogens is 5. The topological polar surface area (TPSA) is 145 Å². The van der Waals surface area contributed by atoms with Crippen LogP contribution in [0.3, 0.4) is 0 Å². The predicted molar refractivity (Wildman–Crippen MR) is 144 cm³/mol. The molecule has 0 spiro atoms. The van der Waals surface area contributed by atoms with E-state index in [1.807, 2.05) is 49.4 Å². The number of nitrogens with one attached hydrogen (secondary N) is 2. The minimum absolute atomic E-state index is 0.0802. The molecule has 14 heteroatoms. The van der Waals surface area contributed by atoms with Crippen LogP contribution in [0.25, 0.3) is 0 Å². The first-order chi connectivity index (χ1) is 17.6. The van der Waals surface area contributed by atoms with Gasteiger partial charge in [-0.25, -0.2) is 10.1 Å². The number of carbonyl (C=O) groups is 1. The minimum atomic E-state index is -0.248. The van der Waals surface area contributed by atoms with Gasteiger partial charge in [-0.3, -0.25) is 10.1 Å². The van der Waals surface area contributed by atoms with Crippen molar-refractivity contribution < 1.29 is 9.53 Å². The van der Waals surface area contributed by atoms with Crippen LogP contribution in [-0.4, -0.2) is 49.6 Å². The SMILES string of the molecule is CCOc1ccc(/C=N/Nc2nnc(SCC(=O)Nc3nnc(SCc4ccccc4)s3)n2N)cc1. The lowest BCUT2D eigenvalue weighted by molar-refractivity contribution is -0.113. The Balaban J connectivity index is 1.22. The summed E-state index contributed by atoms with van der Waals surface area (Å²) in [6.45, 7) is 2.54. The summed E-state index contributed by atoms with van der Waals surface area (Å²) in [5, 5.41) is 23.8. The average molecular weight is 542 g/mol. The molecule has 1 amide bonds. The fourth-order valence-corrected chi connectivity index (χ4v) is 5.14. The second-order valence-corrected chi connectivity index (χ2v) is 10.2. The van der Waals surface area contributed by atoms with Gasteiger partial charge in [-0.1, -0.05) is 65.2 Å². The Hall–Kier alpha value is -3.62. The summed E-state index contributed by atoms with van der Waals surface area (Å²) in [5.74, 6) is 7.67. The molecule has 0 fully saturated rings. The van der Waals surface area contributed by atoms with Gasteiger partial charge < -0.3 is 10.6 Å². The predicted octanol–water partition coefficient (Wildman–Crippen LogP) is 3.71. The number of thioether (sulfide) groups is 2. The van der Waals surface area contributed by atoms with Gasteiger partial charge in [-0.2, -0.15) is 5.10 Å². The molecule has 0 saturated heterocycles. The van der Waals surface area contributed by atoms with Crippen molar-refractivity contribution in [2.75, 3.05) is 28.9 Å². The van der Waals surface area contributed by atoms with Crippen molar-refractivity contribution in [1.82, 2.24) is 25.1 Å². The highest BCUT2D eigenvalue weighted by Gasteiger charge is 2.14. The van der Waals surface area contributed by atoms with Gasteiger partial charge in [0.15, 0.2) is 4.34 Å². The van der Waals surface area contributed by atoms with Gasteiger partial charge in [-0.05, 0) is 42.3 Å². The van der Waals surface area contributed by atoms with Gasteiger partial charge in [-0.15, -0.1) is 20.4 Å². The summed E-state index contributed by atoms with van der Waals surface area (Å²) in [6, 6.07) is 17.6. The summed E-state index contributed by atoms with van der Waals surface area (Å²) in [6.07, 6.45) is 1.62. The zero-order valence-electron chi connectivity index (χ0n) is 19.2. The van der Waals surface area contributed by atoms with Crippen LogP contribution in [0.5, 0.6) is 5.75 Å². The van der Waals surface area contributed by atoms with Crippen LogP contribution in [0.4, 0.5) is 11.1 Å². The van der Waals surface area contributed by atoms with Gasteiger partial charge in [0.05, 0.1) is 18.6 Å². The fourth-order valence-electron chi connectivity index (χ4n) is 2.76. The first-order valence-corrected chi connectivity index (χ1v) is 13.5. The van der Waals surface area contributed by atoms with Gasteiger partial charge in [0.1, 0.15) is 5.75 Å². The molecule has 4 aromatic rings. The van der Waals surface area contributed by atoms with E-state index in [0.29, 0.717) is 16.9 Å². The Morgan fingerprint density at radius 3 is 2.69 bits per heavy atom. The molecule has 0 radical (unpaired) electrons. The zero-order chi connectivity index (χ0) is 25.2. The number of carbonyl (C=O) groups excluding carboxylic acids is 1. The van der Waals surface area contributed by atoms with Crippen LogP contribution in [0.15, 0.2) is 69.2 Å². The molecule has 186 valence electrons. The number of hydrazone groups is 1. The summed E-state index contributed by atoms with van der Waals surface area (Å²) in [4.78, 5) is 12.3. The lowest BCUT2D eigenvalue weighted by Crippen LogP contribution is -2.16. The molecule has 36 heavy (non-hydrogen) atoms. The molecule has 0 saturated carbocycles. The van der Waals surface area contributed by atoms with Gasteiger partial charge in [0.25, 0.3) is 5.95 Å². The van der Waals surface area contributed by atoms with Crippen LogP contribution in [0.1, 0.15) is 18.1 Å². The van der Waals surface area contributed by atoms with E-state index in [-0.39, 0.29) is 17.6 Å². The first-order valence-electron chi connectivity index (χ1n) is 10.8. The Morgan fingerprint density at radius 1 is 1.11 bits per heavy atom. The van der Waals surface area contributed by atoms with E-state index in [1.54, 1.807) is 18.0 Å². The number of benzene rings is 2. The molecule has 0 bridgehead atoms. The average Bonchev–Trinajstić information content (AvgIpc) is 3.49. The van der Waals surface area contributed by atoms with E-state index in [2.05, 4.69) is 48.4 Å². The van der Waals surface area contributed by atoms with Gasteiger partial charge in [0.2, 0.25) is 16.2 Å². The van der Waals surface area contributed by atoms with Crippen molar-refractivity contribution in [3.8, 4) is 5.75 Å². The van der Waals surface area contributed by atoms with Crippen molar-refractivity contribution >= 4 is 58.1 Å². The molecular formula is C22H23N9O2S3. The highest BCUT2D eigenvalue weighted by molar-refractivity contribution is 8.00. The van der Waals surface area contributed by atoms with Crippen LogP contribution in [-0.2, 0) is 10.5 Å². The smallest absolute Gasteiger partial charge is 0.264 e. The summed E-state index contributed by atoms with van der Waals surface area (Å²) in [7, 11) is 0. The second kappa shape index (κ2) is 12.9. The Labute approximate surface area is 219 Å². The Bertz CT molecular complexity index is 1290. The van der Waals surface area contributed by atoms with Crippen LogP contribution < -0.4 is 21.3 Å². The third-order valence-electron chi connectivity index (χ3n) is 4.42. The third kappa shape index (κ3) is 7.44. The zero-order valence-corrected chi connectivity index (χ0v) is 21.6. The van der Waals surface area contributed by atoms with E-state index in [4.69, 9.17) is 10.6 Å². The van der Waals surface area contributed by atoms with E-state index < -0.39 is 0 Å². The number of nitrogens with zero attached hydrogens (tertiary/aromatic N) is 6. The molecule has 0 aliphatic rings.